The van der Waals surface area contributed by atoms with Gasteiger partial charge in [-0.15, -0.1) is 11.3 Å². The second kappa shape index (κ2) is 5.32. The minimum Gasteiger partial charge on any atom is -0.378 e. The Morgan fingerprint density at radius 3 is 2.94 bits per heavy atom. The maximum atomic E-state index is 10.8. The summed E-state index contributed by atoms with van der Waals surface area (Å²) < 4.78 is 0.627. The predicted molar refractivity (Wildman–Crippen MR) is 72.3 cm³/mol. The van der Waals surface area contributed by atoms with E-state index in [1.807, 2.05) is 0 Å². The second-order valence-electron chi connectivity index (χ2n) is 3.67. The molecule has 7 heteroatoms. The summed E-state index contributed by atoms with van der Waals surface area (Å²) in [6.07, 6.45) is 1.58. The van der Waals surface area contributed by atoms with Gasteiger partial charge in [0.05, 0.1) is 17.7 Å². The van der Waals surface area contributed by atoms with Gasteiger partial charge in [-0.1, -0.05) is 17.7 Å². The van der Waals surface area contributed by atoms with E-state index in [-0.39, 0.29) is 10.6 Å². The summed E-state index contributed by atoms with van der Waals surface area (Å²) in [5.74, 6) is 0. The van der Waals surface area contributed by atoms with E-state index in [1.165, 1.54) is 17.4 Å². The molecule has 0 bridgehead atoms. The first-order chi connectivity index (χ1) is 8.56. The Labute approximate surface area is 113 Å². The van der Waals surface area contributed by atoms with E-state index >= 15 is 0 Å². The van der Waals surface area contributed by atoms with Crippen LogP contribution in [0.4, 0.5) is 11.4 Å². The van der Waals surface area contributed by atoms with Crippen LogP contribution in [-0.2, 0) is 6.54 Å². The van der Waals surface area contributed by atoms with Gasteiger partial charge >= 0.3 is 0 Å². The van der Waals surface area contributed by atoms with Crippen LogP contribution in [0.25, 0.3) is 0 Å². The van der Waals surface area contributed by atoms with E-state index in [0.717, 1.165) is 5.01 Å². The van der Waals surface area contributed by atoms with Gasteiger partial charge in [-0.2, -0.15) is 0 Å². The molecule has 18 heavy (non-hydrogen) atoms. The summed E-state index contributed by atoms with van der Waals surface area (Å²) >= 11 is 7.15. The highest BCUT2D eigenvalue weighted by molar-refractivity contribution is 7.15. The van der Waals surface area contributed by atoms with Crippen LogP contribution in [0.5, 0.6) is 0 Å². The van der Waals surface area contributed by atoms with E-state index in [4.69, 9.17) is 11.6 Å². The van der Waals surface area contributed by atoms with E-state index in [9.17, 15) is 10.1 Å². The molecular formula is C11H10ClN3O2S. The van der Waals surface area contributed by atoms with Crippen molar-refractivity contribution in [2.24, 2.45) is 0 Å². The summed E-state index contributed by atoms with van der Waals surface area (Å²) in [7, 11) is 0. The van der Waals surface area contributed by atoms with Crippen molar-refractivity contribution in [3.8, 4) is 0 Å². The number of anilines is 1. The standard InChI is InChI=1S/C11H10ClN3O2S/c1-7-2-3-8(4-9(7)15(16)17)13-6-11-14-5-10(12)18-11/h2-5,13H,6H2,1H3. The molecule has 1 aromatic heterocycles. The molecule has 0 fully saturated rings. The van der Waals surface area contributed by atoms with Crippen LogP contribution in [0.15, 0.2) is 24.4 Å². The summed E-state index contributed by atoms with van der Waals surface area (Å²) in [4.78, 5) is 14.5. The highest BCUT2D eigenvalue weighted by Crippen LogP contribution is 2.24. The molecule has 0 aliphatic rings. The summed E-state index contributed by atoms with van der Waals surface area (Å²) in [5.41, 5.74) is 1.44. The average molecular weight is 284 g/mol. The molecular weight excluding hydrogens is 274 g/mol. The third-order valence-electron chi connectivity index (χ3n) is 2.37. The first-order valence-electron chi connectivity index (χ1n) is 5.15. The lowest BCUT2D eigenvalue weighted by molar-refractivity contribution is -0.385. The Morgan fingerprint density at radius 1 is 1.56 bits per heavy atom. The van der Waals surface area contributed by atoms with Gasteiger partial charge in [0.25, 0.3) is 5.69 Å². The molecule has 0 unspecified atom stereocenters. The Balaban J connectivity index is 2.10. The van der Waals surface area contributed by atoms with Gasteiger partial charge in [-0.25, -0.2) is 4.98 Å². The lowest BCUT2D eigenvalue weighted by Crippen LogP contribution is -2.00. The number of halogens is 1. The zero-order valence-electron chi connectivity index (χ0n) is 9.51. The van der Waals surface area contributed by atoms with Crippen LogP contribution in [-0.4, -0.2) is 9.91 Å². The van der Waals surface area contributed by atoms with Crippen molar-refractivity contribution in [1.82, 2.24) is 4.98 Å². The van der Waals surface area contributed by atoms with Crippen molar-refractivity contribution in [2.75, 3.05) is 5.32 Å². The van der Waals surface area contributed by atoms with Gasteiger partial charge in [0.15, 0.2) is 0 Å². The number of benzene rings is 1. The highest BCUT2D eigenvalue weighted by Gasteiger charge is 2.10. The van der Waals surface area contributed by atoms with Gasteiger partial charge in [-0.05, 0) is 13.0 Å². The molecule has 0 saturated carbocycles. The Morgan fingerprint density at radius 2 is 2.33 bits per heavy atom. The fraction of sp³-hybridized carbons (Fsp3) is 0.182. The van der Waals surface area contributed by atoms with Crippen molar-refractivity contribution < 1.29 is 4.92 Å². The quantitative estimate of drug-likeness (QED) is 0.687. The van der Waals surface area contributed by atoms with Crippen molar-refractivity contribution in [3.63, 3.8) is 0 Å². The van der Waals surface area contributed by atoms with Gasteiger partial charge in [0.1, 0.15) is 9.34 Å². The monoisotopic (exact) mass is 283 g/mol. The molecule has 0 atom stereocenters. The van der Waals surface area contributed by atoms with Crippen LogP contribution in [0.3, 0.4) is 0 Å². The number of hydrogen-bond acceptors (Lipinski definition) is 5. The number of nitro groups is 1. The number of thiazole rings is 1. The van der Waals surface area contributed by atoms with Crippen molar-refractivity contribution in [2.45, 2.75) is 13.5 Å². The normalized spacial score (nSPS) is 10.3. The molecule has 0 radical (unpaired) electrons. The third kappa shape index (κ3) is 2.96. The van der Waals surface area contributed by atoms with E-state index in [1.54, 1.807) is 25.3 Å². The number of aryl methyl sites for hydroxylation is 1. The van der Waals surface area contributed by atoms with Crippen molar-refractivity contribution in [3.05, 3.63) is 49.4 Å². The molecule has 0 amide bonds. The van der Waals surface area contributed by atoms with Gasteiger partial charge < -0.3 is 5.32 Å². The smallest absolute Gasteiger partial charge is 0.274 e. The summed E-state index contributed by atoms with van der Waals surface area (Å²) in [5, 5.41) is 14.7. The van der Waals surface area contributed by atoms with Crippen LogP contribution >= 0.6 is 22.9 Å². The molecule has 2 rings (SSSR count). The minimum absolute atomic E-state index is 0.108. The van der Waals surface area contributed by atoms with Crippen LogP contribution in [0, 0.1) is 17.0 Å². The van der Waals surface area contributed by atoms with Crippen LogP contribution in [0.1, 0.15) is 10.6 Å². The highest BCUT2D eigenvalue weighted by atomic mass is 35.5. The molecule has 1 heterocycles. The summed E-state index contributed by atoms with van der Waals surface area (Å²) in [6, 6.07) is 5.04. The third-order valence-corrected chi connectivity index (χ3v) is 3.49. The first kappa shape index (κ1) is 12.8. The maximum absolute atomic E-state index is 10.8. The molecule has 1 N–H and O–H groups in total. The van der Waals surface area contributed by atoms with E-state index in [2.05, 4.69) is 10.3 Å². The van der Waals surface area contributed by atoms with Crippen molar-refractivity contribution in [1.29, 1.82) is 0 Å². The molecule has 2 aromatic rings. The van der Waals surface area contributed by atoms with Gasteiger partial charge in [-0.3, -0.25) is 10.1 Å². The van der Waals surface area contributed by atoms with E-state index < -0.39 is 0 Å². The number of aromatic nitrogens is 1. The maximum Gasteiger partial charge on any atom is 0.274 e. The number of hydrogen-bond donors (Lipinski definition) is 1. The lowest BCUT2D eigenvalue weighted by Gasteiger charge is -2.05. The fourth-order valence-electron chi connectivity index (χ4n) is 1.46. The zero-order chi connectivity index (χ0) is 13.1. The Bertz CT molecular complexity index is 585. The summed E-state index contributed by atoms with van der Waals surface area (Å²) in [6.45, 7) is 2.21. The molecule has 0 saturated heterocycles. The molecule has 0 aliphatic carbocycles. The number of nitro benzene ring substituents is 1. The first-order valence-corrected chi connectivity index (χ1v) is 6.35. The van der Waals surface area contributed by atoms with Crippen molar-refractivity contribution >= 4 is 34.3 Å². The largest absolute Gasteiger partial charge is 0.378 e. The van der Waals surface area contributed by atoms with Crippen LogP contribution in [0.2, 0.25) is 4.34 Å². The number of rotatable bonds is 4. The molecule has 0 aliphatic heterocycles. The number of nitrogens with one attached hydrogen (secondary N) is 1. The minimum atomic E-state index is -0.388. The lowest BCUT2D eigenvalue weighted by atomic mass is 10.2. The molecule has 0 spiro atoms. The van der Waals surface area contributed by atoms with Gasteiger partial charge in [0.2, 0.25) is 0 Å². The Kier molecular flexibility index (Phi) is 3.78. The van der Waals surface area contributed by atoms with Gasteiger partial charge in [0, 0.05) is 17.3 Å². The van der Waals surface area contributed by atoms with Crippen LogP contribution < -0.4 is 5.32 Å². The SMILES string of the molecule is Cc1ccc(NCc2ncc(Cl)s2)cc1[N+](=O)[O-]. The molecule has 94 valence electrons. The Hall–Kier alpha value is -1.66. The zero-order valence-corrected chi connectivity index (χ0v) is 11.1. The molecule has 5 nitrogen and oxygen atoms in total. The predicted octanol–water partition coefficient (Wildman–Crippen LogP) is 3.63. The van der Waals surface area contributed by atoms with E-state index in [0.29, 0.717) is 22.1 Å². The number of nitrogens with zero attached hydrogens (tertiary/aromatic N) is 2. The topological polar surface area (TPSA) is 68.1 Å². The second-order valence-corrected chi connectivity index (χ2v) is 5.42. The average Bonchev–Trinajstić information content (AvgIpc) is 2.74. The molecule has 1 aromatic carbocycles. The fourth-order valence-corrected chi connectivity index (χ4v) is 2.36.